The first kappa shape index (κ1) is 11.1. The van der Waals surface area contributed by atoms with Crippen molar-refractivity contribution in [2.75, 3.05) is 7.11 Å². The second kappa shape index (κ2) is 4.22. The Kier molecular flexibility index (Phi) is 2.92. The van der Waals surface area contributed by atoms with E-state index in [-0.39, 0.29) is 5.97 Å². The molecule has 0 unspecified atom stereocenters. The predicted molar refractivity (Wildman–Crippen MR) is 65.5 cm³/mol. The number of carbonyl (C=O) groups excluding carboxylic acids is 1. The number of methoxy groups -OCH3 is 1. The zero-order chi connectivity index (χ0) is 11.7. The van der Waals surface area contributed by atoms with Crippen molar-refractivity contribution in [3.05, 3.63) is 40.0 Å². The van der Waals surface area contributed by atoms with Gasteiger partial charge in [0.15, 0.2) is 0 Å². The van der Waals surface area contributed by atoms with E-state index in [1.165, 1.54) is 7.11 Å². The molecule has 0 saturated carbocycles. The quantitative estimate of drug-likeness (QED) is 0.753. The number of hydrogen-bond donors (Lipinski definition) is 0. The van der Waals surface area contributed by atoms with Crippen LogP contribution in [-0.4, -0.2) is 18.1 Å². The number of halogens is 1. The molecule has 0 saturated heterocycles. The standard InChI is InChI=1S/C12H10BrNO2/c1-7-10(12(15)16-2)4-3-8-5-9(13)6-14-11(7)8/h3-6H,1-2H3. The first-order valence-electron chi connectivity index (χ1n) is 4.76. The van der Waals surface area contributed by atoms with Crippen LogP contribution in [-0.2, 0) is 4.74 Å². The SMILES string of the molecule is COC(=O)c1ccc2cc(Br)cnc2c1C. The van der Waals surface area contributed by atoms with Gasteiger partial charge in [0.25, 0.3) is 0 Å². The van der Waals surface area contributed by atoms with Gasteiger partial charge >= 0.3 is 5.97 Å². The Hall–Kier alpha value is -1.42. The van der Waals surface area contributed by atoms with E-state index in [1.54, 1.807) is 12.3 Å². The third kappa shape index (κ3) is 1.80. The van der Waals surface area contributed by atoms with Crippen LogP contribution in [0.2, 0.25) is 0 Å². The minimum Gasteiger partial charge on any atom is -0.465 e. The number of aromatic nitrogens is 1. The smallest absolute Gasteiger partial charge is 0.338 e. The molecule has 1 aromatic carbocycles. The molecule has 0 N–H and O–H groups in total. The van der Waals surface area contributed by atoms with Gasteiger partial charge in [-0.05, 0) is 40.5 Å². The molecule has 1 heterocycles. The highest BCUT2D eigenvalue weighted by Crippen LogP contribution is 2.23. The predicted octanol–water partition coefficient (Wildman–Crippen LogP) is 3.09. The van der Waals surface area contributed by atoms with Crippen LogP contribution in [0.4, 0.5) is 0 Å². The lowest BCUT2D eigenvalue weighted by Crippen LogP contribution is -2.04. The van der Waals surface area contributed by atoms with E-state index < -0.39 is 0 Å². The van der Waals surface area contributed by atoms with E-state index in [9.17, 15) is 4.79 Å². The second-order valence-corrected chi connectivity index (χ2v) is 4.37. The van der Waals surface area contributed by atoms with Crippen molar-refractivity contribution in [1.82, 2.24) is 4.98 Å². The van der Waals surface area contributed by atoms with E-state index in [4.69, 9.17) is 4.74 Å². The van der Waals surface area contributed by atoms with Crippen molar-refractivity contribution in [3.63, 3.8) is 0 Å². The molecule has 0 aliphatic heterocycles. The summed E-state index contributed by atoms with van der Waals surface area (Å²) in [5, 5.41) is 1.000. The number of benzene rings is 1. The van der Waals surface area contributed by atoms with Crippen molar-refractivity contribution in [2.45, 2.75) is 6.92 Å². The van der Waals surface area contributed by atoms with Gasteiger partial charge in [-0.2, -0.15) is 0 Å². The van der Waals surface area contributed by atoms with Crippen LogP contribution in [0.25, 0.3) is 10.9 Å². The summed E-state index contributed by atoms with van der Waals surface area (Å²) in [5.74, 6) is -0.330. The molecule has 0 bridgehead atoms. The van der Waals surface area contributed by atoms with Crippen LogP contribution in [0.15, 0.2) is 28.9 Å². The van der Waals surface area contributed by atoms with Crippen LogP contribution >= 0.6 is 15.9 Å². The maximum atomic E-state index is 11.5. The fraction of sp³-hybridized carbons (Fsp3) is 0.167. The molecule has 4 heteroatoms. The van der Waals surface area contributed by atoms with Gasteiger partial charge in [0, 0.05) is 16.1 Å². The van der Waals surface area contributed by atoms with Gasteiger partial charge in [0.2, 0.25) is 0 Å². The first-order chi connectivity index (χ1) is 7.63. The summed E-state index contributed by atoms with van der Waals surface area (Å²) in [6.45, 7) is 1.87. The molecule has 0 aliphatic carbocycles. The Balaban J connectivity index is 2.70. The zero-order valence-electron chi connectivity index (χ0n) is 8.95. The van der Waals surface area contributed by atoms with E-state index in [2.05, 4.69) is 20.9 Å². The van der Waals surface area contributed by atoms with Crippen molar-refractivity contribution in [3.8, 4) is 0 Å². The number of rotatable bonds is 1. The maximum Gasteiger partial charge on any atom is 0.338 e. The van der Waals surface area contributed by atoms with Gasteiger partial charge in [-0.3, -0.25) is 4.98 Å². The molecule has 0 radical (unpaired) electrons. The number of esters is 1. The minimum absolute atomic E-state index is 0.330. The highest BCUT2D eigenvalue weighted by molar-refractivity contribution is 9.10. The molecule has 2 aromatic rings. The highest BCUT2D eigenvalue weighted by atomic mass is 79.9. The largest absolute Gasteiger partial charge is 0.465 e. The van der Waals surface area contributed by atoms with Gasteiger partial charge in [0.1, 0.15) is 0 Å². The van der Waals surface area contributed by atoms with Gasteiger partial charge in [-0.25, -0.2) is 4.79 Å². The molecule has 0 fully saturated rings. The zero-order valence-corrected chi connectivity index (χ0v) is 10.5. The number of nitrogens with zero attached hydrogens (tertiary/aromatic N) is 1. The van der Waals surface area contributed by atoms with Gasteiger partial charge in [-0.15, -0.1) is 0 Å². The molecule has 3 nitrogen and oxygen atoms in total. The molecule has 0 aliphatic rings. The lowest BCUT2D eigenvalue weighted by atomic mass is 10.0. The fourth-order valence-electron chi connectivity index (χ4n) is 1.65. The van der Waals surface area contributed by atoms with E-state index in [0.29, 0.717) is 5.56 Å². The Bertz CT molecular complexity index is 566. The van der Waals surface area contributed by atoms with Crippen molar-refractivity contribution < 1.29 is 9.53 Å². The van der Waals surface area contributed by atoms with Crippen LogP contribution in [0, 0.1) is 6.92 Å². The maximum absolute atomic E-state index is 11.5. The Labute approximate surface area is 102 Å². The fourth-order valence-corrected chi connectivity index (χ4v) is 2.00. The number of ether oxygens (including phenoxy) is 1. The average Bonchev–Trinajstić information content (AvgIpc) is 2.28. The lowest BCUT2D eigenvalue weighted by Gasteiger charge is -2.06. The molecule has 0 atom stereocenters. The van der Waals surface area contributed by atoms with Gasteiger partial charge < -0.3 is 4.74 Å². The number of aryl methyl sites for hydroxylation is 1. The van der Waals surface area contributed by atoms with Gasteiger partial charge in [0.05, 0.1) is 18.2 Å². The van der Waals surface area contributed by atoms with Crippen molar-refractivity contribution in [1.29, 1.82) is 0 Å². The van der Waals surface area contributed by atoms with Crippen molar-refractivity contribution >= 4 is 32.8 Å². The summed E-state index contributed by atoms with van der Waals surface area (Å²) in [4.78, 5) is 15.8. The number of hydrogen-bond acceptors (Lipinski definition) is 3. The van der Waals surface area contributed by atoms with Crippen LogP contribution < -0.4 is 0 Å². The molecule has 1 aromatic heterocycles. The summed E-state index contributed by atoms with van der Waals surface area (Å²) in [6, 6.07) is 5.60. The number of fused-ring (bicyclic) bond motifs is 1. The third-order valence-electron chi connectivity index (χ3n) is 2.48. The van der Waals surface area contributed by atoms with E-state index >= 15 is 0 Å². The number of pyridine rings is 1. The first-order valence-corrected chi connectivity index (χ1v) is 5.56. The Morgan fingerprint density at radius 3 is 2.88 bits per heavy atom. The highest BCUT2D eigenvalue weighted by Gasteiger charge is 2.12. The second-order valence-electron chi connectivity index (χ2n) is 3.45. The lowest BCUT2D eigenvalue weighted by molar-refractivity contribution is 0.0600. The molecule has 16 heavy (non-hydrogen) atoms. The van der Waals surface area contributed by atoms with Crippen molar-refractivity contribution in [2.24, 2.45) is 0 Å². The molecular formula is C12H10BrNO2. The Morgan fingerprint density at radius 1 is 1.44 bits per heavy atom. The summed E-state index contributed by atoms with van der Waals surface area (Å²) < 4.78 is 5.64. The van der Waals surface area contributed by atoms with Gasteiger partial charge in [-0.1, -0.05) is 6.07 Å². The third-order valence-corrected chi connectivity index (χ3v) is 2.91. The molecule has 0 amide bonds. The molecule has 0 spiro atoms. The summed E-state index contributed by atoms with van der Waals surface area (Å²) in [5.41, 5.74) is 2.23. The van der Waals surface area contributed by atoms with Crippen LogP contribution in [0.3, 0.4) is 0 Å². The normalized spacial score (nSPS) is 10.4. The summed E-state index contributed by atoms with van der Waals surface area (Å²) >= 11 is 3.36. The minimum atomic E-state index is -0.330. The average molecular weight is 280 g/mol. The molecule has 2 rings (SSSR count). The van der Waals surface area contributed by atoms with E-state index in [0.717, 1.165) is 20.9 Å². The molecule has 82 valence electrons. The summed E-state index contributed by atoms with van der Waals surface area (Å²) in [6.07, 6.45) is 1.72. The monoisotopic (exact) mass is 279 g/mol. The van der Waals surface area contributed by atoms with E-state index in [1.807, 2.05) is 19.1 Å². The Morgan fingerprint density at radius 2 is 2.19 bits per heavy atom. The summed E-state index contributed by atoms with van der Waals surface area (Å²) in [7, 11) is 1.38. The van der Waals surface area contributed by atoms with Crippen LogP contribution in [0.5, 0.6) is 0 Å². The number of carbonyl (C=O) groups is 1. The molecular weight excluding hydrogens is 270 g/mol. The topological polar surface area (TPSA) is 39.2 Å². The van der Waals surface area contributed by atoms with Crippen LogP contribution in [0.1, 0.15) is 15.9 Å².